The Hall–Kier alpha value is -2.00. The van der Waals surface area contributed by atoms with Gasteiger partial charge >= 0.3 is 5.97 Å². The van der Waals surface area contributed by atoms with Gasteiger partial charge in [0.1, 0.15) is 11.7 Å². The lowest BCUT2D eigenvalue weighted by Gasteiger charge is -2.12. The van der Waals surface area contributed by atoms with Crippen LogP contribution in [-0.4, -0.2) is 40.5 Å². The monoisotopic (exact) mass is 300 g/mol. The molecule has 1 atom stereocenters. The molecule has 0 bridgehead atoms. The third-order valence-corrected chi connectivity index (χ3v) is 3.33. The predicted octanol–water partition coefficient (Wildman–Crippen LogP) is -0.907. The van der Waals surface area contributed by atoms with E-state index in [9.17, 15) is 14.4 Å². The van der Waals surface area contributed by atoms with Crippen molar-refractivity contribution in [3.63, 3.8) is 0 Å². The van der Waals surface area contributed by atoms with Crippen LogP contribution in [-0.2, 0) is 16.0 Å². The fourth-order valence-electron chi connectivity index (χ4n) is 1.43. The number of aliphatic carboxylic acids is 1. The zero-order chi connectivity index (χ0) is 15.1. The third kappa shape index (κ3) is 4.94. The molecule has 1 aromatic rings. The molecule has 0 saturated heterocycles. The van der Waals surface area contributed by atoms with Crippen molar-refractivity contribution >= 4 is 29.1 Å². The molecule has 0 spiro atoms. The number of carboxylic acids is 1. The normalized spacial score (nSPS) is 11.8. The van der Waals surface area contributed by atoms with E-state index in [1.165, 1.54) is 16.7 Å². The summed E-state index contributed by atoms with van der Waals surface area (Å²) in [5.41, 5.74) is 10.5. The van der Waals surface area contributed by atoms with E-state index in [0.29, 0.717) is 18.0 Å². The Morgan fingerprint density at radius 3 is 2.70 bits per heavy atom. The van der Waals surface area contributed by atoms with Crippen molar-refractivity contribution in [3.05, 3.63) is 16.1 Å². The number of hydrogen-bond donors (Lipinski definition) is 4. The van der Waals surface area contributed by atoms with Gasteiger partial charge in [-0.1, -0.05) is 0 Å². The molecule has 0 aromatic carbocycles. The highest BCUT2D eigenvalue weighted by molar-refractivity contribution is 7.09. The van der Waals surface area contributed by atoms with E-state index in [2.05, 4.69) is 10.3 Å². The molecular weight excluding hydrogens is 284 g/mol. The SMILES string of the molecule is NCCc1nc(C(=O)NC(CCC(N)=O)C(=O)O)cs1. The Bertz CT molecular complexity index is 502. The number of hydrogen-bond acceptors (Lipinski definition) is 6. The number of amides is 2. The number of nitrogens with zero attached hydrogens (tertiary/aromatic N) is 1. The van der Waals surface area contributed by atoms with Crippen LogP contribution in [0.25, 0.3) is 0 Å². The molecule has 0 radical (unpaired) electrons. The van der Waals surface area contributed by atoms with Crippen LogP contribution in [0, 0.1) is 0 Å². The lowest BCUT2D eigenvalue weighted by atomic mass is 10.1. The minimum Gasteiger partial charge on any atom is -0.480 e. The first-order valence-corrected chi connectivity index (χ1v) is 6.78. The van der Waals surface area contributed by atoms with Crippen LogP contribution in [0.3, 0.4) is 0 Å². The summed E-state index contributed by atoms with van der Waals surface area (Å²) in [6.07, 6.45) is 0.380. The van der Waals surface area contributed by atoms with Crippen LogP contribution in [0.1, 0.15) is 28.3 Å². The summed E-state index contributed by atoms with van der Waals surface area (Å²) in [7, 11) is 0. The number of aromatic nitrogens is 1. The van der Waals surface area contributed by atoms with E-state index in [0.717, 1.165) is 0 Å². The highest BCUT2D eigenvalue weighted by Gasteiger charge is 2.22. The predicted molar refractivity (Wildman–Crippen MR) is 72.2 cm³/mol. The first-order valence-electron chi connectivity index (χ1n) is 5.90. The maximum absolute atomic E-state index is 11.8. The van der Waals surface area contributed by atoms with Gasteiger partial charge in [0.25, 0.3) is 5.91 Å². The zero-order valence-corrected chi connectivity index (χ0v) is 11.5. The average Bonchev–Trinajstić information content (AvgIpc) is 2.82. The zero-order valence-electron chi connectivity index (χ0n) is 10.7. The first-order chi connectivity index (χ1) is 9.43. The number of nitrogens with one attached hydrogen (secondary N) is 1. The summed E-state index contributed by atoms with van der Waals surface area (Å²) >= 11 is 1.28. The van der Waals surface area contributed by atoms with E-state index in [-0.39, 0.29) is 18.5 Å². The van der Waals surface area contributed by atoms with Crippen LogP contribution in [0.4, 0.5) is 0 Å². The van der Waals surface area contributed by atoms with Crippen LogP contribution in [0.2, 0.25) is 0 Å². The van der Waals surface area contributed by atoms with Crippen molar-refractivity contribution in [3.8, 4) is 0 Å². The van der Waals surface area contributed by atoms with Crippen molar-refractivity contribution in [2.24, 2.45) is 11.5 Å². The second kappa shape index (κ2) is 7.56. The fraction of sp³-hybridized carbons (Fsp3) is 0.455. The molecule has 1 unspecified atom stereocenters. The van der Waals surface area contributed by atoms with Gasteiger partial charge in [-0.3, -0.25) is 9.59 Å². The van der Waals surface area contributed by atoms with Crippen LogP contribution < -0.4 is 16.8 Å². The Balaban J connectivity index is 2.64. The Labute approximate surface area is 119 Å². The summed E-state index contributed by atoms with van der Waals surface area (Å²) in [5, 5.41) is 13.5. The van der Waals surface area contributed by atoms with Gasteiger partial charge in [-0.25, -0.2) is 9.78 Å². The molecule has 20 heavy (non-hydrogen) atoms. The number of carbonyl (C=O) groups excluding carboxylic acids is 2. The summed E-state index contributed by atoms with van der Waals surface area (Å²) in [6.45, 7) is 0.422. The number of primary amides is 1. The third-order valence-electron chi connectivity index (χ3n) is 2.43. The van der Waals surface area contributed by atoms with Crippen LogP contribution in [0.15, 0.2) is 5.38 Å². The molecule has 6 N–H and O–H groups in total. The van der Waals surface area contributed by atoms with Crippen molar-refractivity contribution in [2.75, 3.05) is 6.54 Å². The quantitative estimate of drug-likeness (QED) is 0.488. The standard InChI is InChI=1S/C11H16N4O4S/c12-4-3-9-14-7(5-20-9)10(17)15-6(11(18)19)1-2-8(13)16/h5-6H,1-4,12H2,(H2,13,16)(H,15,17)(H,18,19). The van der Waals surface area contributed by atoms with Gasteiger partial charge in [-0.15, -0.1) is 11.3 Å². The number of thiazole rings is 1. The van der Waals surface area contributed by atoms with Crippen molar-refractivity contribution in [1.29, 1.82) is 0 Å². The number of carbonyl (C=O) groups is 3. The molecular formula is C11H16N4O4S. The molecule has 110 valence electrons. The first kappa shape index (κ1) is 16.1. The molecule has 1 heterocycles. The largest absolute Gasteiger partial charge is 0.480 e. The van der Waals surface area contributed by atoms with Crippen molar-refractivity contribution in [1.82, 2.24) is 10.3 Å². The summed E-state index contributed by atoms with van der Waals surface area (Å²) in [5.74, 6) is -2.44. The van der Waals surface area contributed by atoms with Gasteiger partial charge in [0.05, 0.1) is 5.01 Å². The lowest BCUT2D eigenvalue weighted by Crippen LogP contribution is -2.41. The highest BCUT2D eigenvalue weighted by atomic mass is 32.1. The van der Waals surface area contributed by atoms with Gasteiger partial charge in [-0.2, -0.15) is 0 Å². The average molecular weight is 300 g/mol. The minimum absolute atomic E-state index is 0.0593. The topological polar surface area (TPSA) is 148 Å². The van der Waals surface area contributed by atoms with Crippen LogP contribution >= 0.6 is 11.3 Å². The van der Waals surface area contributed by atoms with Gasteiger partial charge in [-0.05, 0) is 13.0 Å². The van der Waals surface area contributed by atoms with Gasteiger partial charge < -0.3 is 21.9 Å². The maximum atomic E-state index is 11.8. The molecule has 0 fully saturated rings. The van der Waals surface area contributed by atoms with Crippen molar-refractivity contribution < 1.29 is 19.5 Å². The Morgan fingerprint density at radius 2 is 2.15 bits per heavy atom. The van der Waals surface area contributed by atoms with E-state index in [4.69, 9.17) is 16.6 Å². The molecule has 0 aliphatic rings. The molecule has 1 aromatic heterocycles. The second-order valence-corrected chi connectivity index (χ2v) is 4.98. The van der Waals surface area contributed by atoms with Crippen molar-refractivity contribution in [2.45, 2.75) is 25.3 Å². The number of nitrogens with two attached hydrogens (primary N) is 2. The molecule has 0 aliphatic heterocycles. The molecule has 0 aliphatic carbocycles. The molecule has 2 amide bonds. The van der Waals surface area contributed by atoms with Crippen LogP contribution in [0.5, 0.6) is 0 Å². The summed E-state index contributed by atoms with van der Waals surface area (Å²) in [6, 6.07) is -1.17. The second-order valence-electron chi connectivity index (χ2n) is 4.03. The van der Waals surface area contributed by atoms with Gasteiger partial charge in [0.15, 0.2) is 0 Å². The summed E-state index contributed by atoms with van der Waals surface area (Å²) < 4.78 is 0. The molecule has 0 saturated carbocycles. The van der Waals surface area contributed by atoms with E-state index in [1.54, 1.807) is 0 Å². The smallest absolute Gasteiger partial charge is 0.326 e. The Morgan fingerprint density at radius 1 is 1.45 bits per heavy atom. The fourth-order valence-corrected chi connectivity index (χ4v) is 2.22. The molecule has 8 nitrogen and oxygen atoms in total. The van der Waals surface area contributed by atoms with Gasteiger partial charge in [0, 0.05) is 18.2 Å². The molecule has 9 heteroatoms. The van der Waals surface area contributed by atoms with E-state index < -0.39 is 23.8 Å². The number of rotatable bonds is 8. The Kier molecular flexibility index (Phi) is 6.07. The lowest BCUT2D eigenvalue weighted by molar-refractivity contribution is -0.139. The minimum atomic E-state index is -1.22. The highest BCUT2D eigenvalue weighted by Crippen LogP contribution is 2.10. The number of carboxylic acid groups (broad SMARTS) is 1. The van der Waals surface area contributed by atoms with E-state index >= 15 is 0 Å². The maximum Gasteiger partial charge on any atom is 0.326 e. The van der Waals surface area contributed by atoms with Gasteiger partial charge in [0.2, 0.25) is 5.91 Å². The van der Waals surface area contributed by atoms with E-state index in [1.807, 2.05) is 0 Å². The summed E-state index contributed by atoms with van der Waals surface area (Å²) in [4.78, 5) is 37.5. The molecule has 1 rings (SSSR count).